The Morgan fingerprint density at radius 2 is 1.65 bits per heavy atom. The van der Waals surface area contributed by atoms with Crippen LogP contribution in [0.2, 0.25) is 0 Å². The van der Waals surface area contributed by atoms with E-state index in [-0.39, 0.29) is 5.41 Å². The van der Waals surface area contributed by atoms with Crippen molar-refractivity contribution in [1.29, 1.82) is 0 Å². The Morgan fingerprint density at radius 3 is 2.18 bits per heavy atom. The molecule has 0 bridgehead atoms. The van der Waals surface area contributed by atoms with E-state index in [2.05, 4.69) is 69.1 Å². The summed E-state index contributed by atoms with van der Waals surface area (Å²) in [6, 6.07) is 12.6. The number of nitrogens with zero attached hydrogens (tertiary/aromatic N) is 1. The van der Waals surface area contributed by atoms with Crippen LogP contribution in [0.1, 0.15) is 31.9 Å². The smallest absolute Gasteiger partial charge is 0.0704 e. The summed E-state index contributed by atoms with van der Waals surface area (Å²) in [5.74, 6) is 0. The van der Waals surface area contributed by atoms with Gasteiger partial charge in [0, 0.05) is 11.8 Å². The van der Waals surface area contributed by atoms with Crippen LogP contribution in [-0.2, 0) is 5.41 Å². The molecule has 0 aliphatic carbocycles. The first-order valence-corrected chi connectivity index (χ1v) is 6.01. The molecule has 17 heavy (non-hydrogen) atoms. The van der Waals surface area contributed by atoms with Gasteiger partial charge in [-0.05, 0) is 29.5 Å². The highest BCUT2D eigenvalue weighted by molar-refractivity contribution is 5.63. The molecule has 0 amide bonds. The Labute approximate surface area is 104 Å². The Balaban J connectivity index is 2.40. The second-order valence-electron chi connectivity index (χ2n) is 5.50. The van der Waals surface area contributed by atoms with E-state index in [0.717, 1.165) is 5.69 Å². The summed E-state index contributed by atoms with van der Waals surface area (Å²) >= 11 is 0. The molecule has 0 atom stereocenters. The Hall–Kier alpha value is -1.63. The molecule has 1 aromatic heterocycles. The molecule has 1 heterocycles. The quantitative estimate of drug-likeness (QED) is 0.703. The van der Waals surface area contributed by atoms with E-state index < -0.39 is 0 Å². The Morgan fingerprint density at radius 1 is 0.941 bits per heavy atom. The van der Waals surface area contributed by atoms with Gasteiger partial charge in [0.05, 0.1) is 5.69 Å². The molecule has 0 radical (unpaired) electrons. The predicted octanol–water partition coefficient (Wildman–Crippen LogP) is 4.35. The summed E-state index contributed by atoms with van der Waals surface area (Å²) in [7, 11) is 0. The number of benzene rings is 1. The van der Waals surface area contributed by atoms with E-state index in [1.54, 1.807) is 0 Å². The minimum absolute atomic E-state index is 0.164. The van der Waals surface area contributed by atoms with Crippen molar-refractivity contribution < 1.29 is 0 Å². The minimum Gasteiger partial charge on any atom is -0.256 e. The summed E-state index contributed by atoms with van der Waals surface area (Å²) in [4.78, 5) is 4.58. The van der Waals surface area contributed by atoms with Gasteiger partial charge in [-0.15, -0.1) is 0 Å². The van der Waals surface area contributed by atoms with Gasteiger partial charge in [-0.1, -0.05) is 51.1 Å². The van der Waals surface area contributed by atoms with Crippen LogP contribution in [0.5, 0.6) is 0 Å². The molecule has 0 aliphatic rings. The molecule has 1 heteroatoms. The van der Waals surface area contributed by atoms with Crippen LogP contribution < -0.4 is 0 Å². The van der Waals surface area contributed by atoms with Crippen molar-refractivity contribution in [2.75, 3.05) is 0 Å². The molecular weight excluding hydrogens is 206 g/mol. The van der Waals surface area contributed by atoms with E-state index in [1.165, 1.54) is 16.7 Å². The second-order valence-corrected chi connectivity index (χ2v) is 5.50. The monoisotopic (exact) mass is 225 g/mol. The number of hydrogen-bond acceptors (Lipinski definition) is 1. The fourth-order valence-electron chi connectivity index (χ4n) is 1.86. The standard InChI is InChI=1S/C16H19N/c1-12-7-5-6-8-14(12)15-10-9-13(11-17-15)16(2,3)4/h5-11H,1-4H3. The van der Waals surface area contributed by atoms with Crippen molar-refractivity contribution in [3.05, 3.63) is 53.7 Å². The molecule has 0 aliphatic heterocycles. The highest BCUT2D eigenvalue weighted by atomic mass is 14.7. The Kier molecular flexibility index (Phi) is 3.01. The van der Waals surface area contributed by atoms with Gasteiger partial charge in [-0.3, -0.25) is 4.98 Å². The van der Waals surface area contributed by atoms with Crippen molar-refractivity contribution in [3.8, 4) is 11.3 Å². The second kappa shape index (κ2) is 4.33. The average Bonchev–Trinajstić information content (AvgIpc) is 2.29. The molecule has 88 valence electrons. The normalized spacial score (nSPS) is 11.5. The van der Waals surface area contributed by atoms with Crippen LogP contribution in [0.3, 0.4) is 0 Å². The van der Waals surface area contributed by atoms with Crippen LogP contribution in [0.25, 0.3) is 11.3 Å². The van der Waals surface area contributed by atoms with Crippen molar-refractivity contribution in [3.63, 3.8) is 0 Å². The lowest BCUT2D eigenvalue weighted by molar-refractivity contribution is 0.587. The highest BCUT2D eigenvalue weighted by Crippen LogP contribution is 2.25. The molecular formula is C16H19N. The lowest BCUT2D eigenvalue weighted by Crippen LogP contribution is -2.11. The summed E-state index contributed by atoms with van der Waals surface area (Å²) in [6.07, 6.45) is 1.99. The maximum Gasteiger partial charge on any atom is 0.0704 e. The lowest BCUT2D eigenvalue weighted by Gasteiger charge is -2.18. The number of hydrogen-bond donors (Lipinski definition) is 0. The van der Waals surface area contributed by atoms with Gasteiger partial charge < -0.3 is 0 Å². The van der Waals surface area contributed by atoms with Crippen LogP contribution in [0.4, 0.5) is 0 Å². The summed E-state index contributed by atoms with van der Waals surface area (Å²) in [5, 5.41) is 0. The Bertz CT molecular complexity index is 504. The topological polar surface area (TPSA) is 12.9 Å². The first kappa shape index (κ1) is 11.8. The van der Waals surface area contributed by atoms with E-state index >= 15 is 0 Å². The van der Waals surface area contributed by atoms with Gasteiger partial charge in [0.1, 0.15) is 0 Å². The zero-order valence-electron chi connectivity index (χ0n) is 11.0. The third-order valence-electron chi connectivity index (χ3n) is 3.05. The third-order valence-corrected chi connectivity index (χ3v) is 3.05. The van der Waals surface area contributed by atoms with Crippen LogP contribution >= 0.6 is 0 Å². The van der Waals surface area contributed by atoms with Gasteiger partial charge in [-0.25, -0.2) is 0 Å². The van der Waals surface area contributed by atoms with Crippen molar-refractivity contribution in [2.45, 2.75) is 33.1 Å². The number of aryl methyl sites for hydroxylation is 1. The van der Waals surface area contributed by atoms with Crippen LogP contribution in [0.15, 0.2) is 42.6 Å². The fraction of sp³-hybridized carbons (Fsp3) is 0.312. The molecule has 0 fully saturated rings. The fourth-order valence-corrected chi connectivity index (χ4v) is 1.86. The highest BCUT2D eigenvalue weighted by Gasteiger charge is 2.14. The van der Waals surface area contributed by atoms with Crippen LogP contribution in [0, 0.1) is 6.92 Å². The molecule has 2 rings (SSSR count). The first-order chi connectivity index (χ1) is 7.98. The van der Waals surface area contributed by atoms with E-state index in [0.29, 0.717) is 0 Å². The van der Waals surface area contributed by atoms with Crippen molar-refractivity contribution in [1.82, 2.24) is 4.98 Å². The summed E-state index contributed by atoms with van der Waals surface area (Å²) < 4.78 is 0. The van der Waals surface area contributed by atoms with Crippen molar-refractivity contribution >= 4 is 0 Å². The molecule has 0 saturated carbocycles. The van der Waals surface area contributed by atoms with E-state index in [4.69, 9.17) is 0 Å². The minimum atomic E-state index is 0.164. The zero-order valence-corrected chi connectivity index (χ0v) is 11.0. The van der Waals surface area contributed by atoms with Gasteiger partial charge in [-0.2, -0.15) is 0 Å². The van der Waals surface area contributed by atoms with Gasteiger partial charge in [0.15, 0.2) is 0 Å². The molecule has 1 nitrogen and oxygen atoms in total. The van der Waals surface area contributed by atoms with Gasteiger partial charge in [0.25, 0.3) is 0 Å². The predicted molar refractivity (Wildman–Crippen MR) is 73.1 cm³/mol. The lowest BCUT2D eigenvalue weighted by atomic mass is 9.88. The van der Waals surface area contributed by atoms with E-state index in [1.807, 2.05) is 6.20 Å². The maximum absolute atomic E-state index is 4.58. The van der Waals surface area contributed by atoms with Gasteiger partial charge >= 0.3 is 0 Å². The van der Waals surface area contributed by atoms with E-state index in [9.17, 15) is 0 Å². The zero-order chi connectivity index (χ0) is 12.5. The summed E-state index contributed by atoms with van der Waals surface area (Å²) in [6.45, 7) is 8.74. The SMILES string of the molecule is Cc1ccccc1-c1ccc(C(C)(C)C)cn1. The molecule has 0 spiro atoms. The molecule has 0 unspecified atom stereocenters. The first-order valence-electron chi connectivity index (χ1n) is 6.01. The third kappa shape index (κ3) is 2.55. The molecule has 0 N–H and O–H groups in total. The van der Waals surface area contributed by atoms with Crippen LogP contribution in [-0.4, -0.2) is 4.98 Å². The number of rotatable bonds is 1. The summed E-state index contributed by atoms with van der Waals surface area (Å²) in [5.41, 5.74) is 4.97. The molecule has 0 saturated heterocycles. The average molecular weight is 225 g/mol. The van der Waals surface area contributed by atoms with Gasteiger partial charge in [0.2, 0.25) is 0 Å². The molecule has 1 aromatic carbocycles. The largest absolute Gasteiger partial charge is 0.256 e. The van der Waals surface area contributed by atoms with Crippen molar-refractivity contribution in [2.24, 2.45) is 0 Å². The number of aromatic nitrogens is 1. The molecule has 2 aromatic rings. The number of pyridine rings is 1. The maximum atomic E-state index is 4.58.